The van der Waals surface area contributed by atoms with Gasteiger partial charge >= 0.3 is 0 Å². The van der Waals surface area contributed by atoms with Crippen LogP contribution in [0.15, 0.2) is 47.5 Å². The molecule has 2 aliphatic rings. The van der Waals surface area contributed by atoms with Crippen LogP contribution in [0.4, 0.5) is 5.82 Å². The first-order valence-electron chi connectivity index (χ1n) is 11.3. The third-order valence-corrected chi connectivity index (χ3v) is 8.13. The molecule has 1 aromatic heterocycles. The minimum Gasteiger partial charge on any atom is -0.379 e. The highest BCUT2D eigenvalue weighted by Crippen LogP contribution is 2.23. The molecule has 32 heavy (non-hydrogen) atoms. The summed E-state index contributed by atoms with van der Waals surface area (Å²) in [6.45, 7) is 13.0. The standard InChI is InChI=1S/C24H34N4O3S/c1-24(2,3)21-6-4-20(5-7-21)19-26-10-12-27(13-11-26)23-9-8-22(18-25-23)32(29,30)28-14-16-31-17-15-28/h4-9,18H,10-17,19H2,1-3H3. The van der Waals surface area contributed by atoms with Gasteiger partial charge in [-0.1, -0.05) is 45.0 Å². The molecule has 0 spiro atoms. The quantitative estimate of drug-likeness (QED) is 0.687. The Balaban J connectivity index is 1.32. The van der Waals surface area contributed by atoms with Gasteiger partial charge in [0.05, 0.1) is 13.2 Å². The summed E-state index contributed by atoms with van der Waals surface area (Å²) in [6.07, 6.45) is 1.49. The van der Waals surface area contributed by atoms with E-state index < -0.39 is 10.0 Å². The maximum atomic E-state index is 12.8. The first kappa shape index (κ1) is 23.2. The molecular weight excluding hydrogens is 424 g/mol. The van der Waals surface area contributed by atoms with E-state index >= 15 is 0 Å². The number of nitrogens with zero attached hydrogens (tertiary/aromatic N) is 4. The van der Waals surface area contributed by atoms with Crippen molar-refractivity contribution in [3.05, 3.63) is 53.7 Å². The van der Waals surface area contributed by atoms with Crippen LogP contribution in [0.5, 0.6) is 0 Å². The zero-order valence-electron chi connectivity index (χ0n) is 19.3. The number of sulfonamides is 1. The third kappa shape index (κ3) is 5.31. The van der Waals surface area contributed by atoms with Crippen LogP contribution in [-0.4, -0.2) is 75.1 Å². The molecule has 4 rings (SSSR count). The zero-order valence-corrected chi connectivity index (χ0v) is 20.1. The number of rotatable bonds is 5. The van der Waals surface area contributed by atoms with Crippen molar-refractivity contribution in [2.45, 2.75) is 37.6 Å². The number of anilines is 1. The van der Waals surface area contributed by atoms with Gasteiger partial charge in [-0.15, -0.1) is 0 Å². The van der Waals surface area contributed by atoms with E-state index in [9.17, 15) is 8.42 Å². The summed E-state index contributed by atoms with van der Waals surface area (Å²) in [5, 5.41) is 0. The predicted molar refractivity (Wildman–Crippen MR) is 126 cm³/mol. The minimum atomic E-state index is -3.50. The number of hydrogen-bond acceptors (Lipinski definition) is 6. The van der Waals surface area contributed by atoms with E-state index in [1.165, 1.54) is 21.6 Å². The molecule has 0 bridgehead atoms. The Hall–Kier alpha value is -2.00. The van der Waals surface area contributed by atoms with Crippen LogP contribution in [0.2, 0.25) is 0 Å². The Bertz CT molecular complexity index is 987. The van der Waals surface area contributed by atoms with Gasteiger partial charge in [-0.25, -0.2) is 13.4 Å². The van der Waals surface area contributed by atoms with Crippen LogP contribution in [0.25, 0.3) is 0 Å². The fourth-order valence-corrected chi connectivity index (χ4v) is 5.51. The Labute approximate surface area is 192 Å². The first-order chi connectivity index (χ1) is 15.2. The highest BCUT2D eigenvalue weighted by atomic mass is 32.2. The van der Waals surface area contributed by atoms with Crippen molar-refractivity contribution in [1.29, 1.82) is 0 Å². The number of hydrogen-bond donors (Lipinski definition) is 0. The molecule has 0 atom stereocenters. The second-order valence-electron chi connectivity index (χ2n) is 9.58. The van der Waals surface area contributed by atoms with Crippen LogP contribution in [0, 0.1) is 0 Å². The predicted octanol–water partition coefficient (Wildman–Crippen LogP) is 2.72. The molecule has 0 unspecified atom stereocenters. The van der Waals surface area contributed by atoms with Crippen LogP contribution in [0.1, 0.15) is 31.9 Å². The maximum Gasteiger partial charge on any atom is 0.244 e. The van der Waals surface area contributed by atoms with E-state index in [2.05, 4.69) is 59.8 Å². The summed E-state index contributed by atoms with van der Waals surface area (Å²) in [7, 11) is -3.50. The molecule has 2 aromatic rings. The smallest absolute Gasteiger partial charge is 0.244 e. The fourth-order valence-electron chi connectivity index (χ4n) is 4.15. The summed E-state index contributed by atoms with van der Waals surface area (Å²) >= 11 is 0. The second-order valence-corrected chi connectivity index (χ2v) is 11.5. The van der Waals surface area contributed by atoms with E-state index in [4.69, 9.17) is 4.74 Å². The molecule has 0 aliphatic carbocycles. The van der Waals surface area contributed by atoms with Gasteiger partial charge in [0, 0.05) is 52.0 Å². The lowest BCUT2D eigenvalue weighted by atomic mass is 9.87. The lowest BCUT2D eigenvalue weighted by Crippen LogP contribution is -2.46. The van der Waals surface area contributed by atoms with Crippen LogP contribution in [-0.2, 0) is 26.7 Å². The van der Waals surface area contributed by atoms with Crippen LogP contribution >= 0.6 is 0 Å². The van der Waals surface area contributed by atoms with Crippen LogP contribution < -0.4 is 4.90 Å². The molecule has 2 saturated heterocycles. The molecule has 0 amide bonds. The van der Waals surface area contributed by atoms with Crippen molar-refractivity contribution < 1.29 is 13.2 Å². The number of ether oxygens (including phenoxy) is 1. The Morgan fingerprint density at radius 1 is 0.906 bits per heavy atom. The van der Waals surface area contributed by atoms with E-state index in [0.29, 0.717) is 26.3 Å². The zero-order chi connectivity index (χ0) is 22.8. The van der Waals surface area contributed by atoms with E-state index in [-0.39, 0.29) is 10.3 Å². The number of morpholine rings is 1. The van der Waals surface area contributed by atoms with Gasteiger partial charge in [0.2, 0.25) is 10.0 Å². The molecule has 174 valence electrons. The molecule has 1 aromatic carbocycles. The molecule has 0 saturated carbocycles. The Kier molecular flexibility index (Phi) is 6.86. The van der Waals surface area contributed by atoms with Crippen molar-refractivity contribution >= 4 is 15.8 Å². The van der Waals surface area contributed by atoms with Crippen molar-refractivity contribution in [2.75, 3.05) is 57.4 Å². The van der Waals surface area contributed by atoms with Crippen molar-refractivity contribution in [3.63, 3.8) is 0 Å². The molecule has 0 N–H and O–H groups in total. The average molecular weight is 459 g/mol. The van der Waals surface area contributed by atoms with Crippen molar-refractivity contribution in [1.82, 2.24) is 14.2 Å². The van der Waals surface area contributed by atoms with Crippen molar-refractivity contribution in [3.8, 4) is 0 Å². The lowest BCUT2D eigenvalue weighted by molar-refractivity contribution is 0.0730. The van der Waals surface area contributed by atoms with Crippen LogP contribution in [0.3, 0.4) is 0 Å². The van der Waals surface area contributed by atoms with Gasteiger partial charge < -0.3 is 9.64 Å². The normalized spacial score (nSPS) is 19.3. The molecule has 7 nitrogen and oxygen atoms in total. The number of aromatic nitrogens is 1. The van der Waals surface area contributed by atoms with E-state index in [0.717, 1.165) is 38.5 Å². The van der Waals surface area contributed by atoms with Gasteiger partial charge in [-0.05, 0) is 28.7 Å². The van der Waals surface area contributed by atoms with Crippen molar-refractivity contribution in [2.24, 2.45) is 0 Å². The van der Waals surface area contributed by atoms with Gasteiger partial charge in [-0.2, -0.15) is 4.31 Å². The molecule has 3 heterocycles. The third-order valence-electron chi connectivity index (χ3n) is 6.25. The average Bonchev–Trinajstić information content (AvgIpc) is 2.80. The van der Waals surface area contributed by atoms with E-state index in [1.807, 2.05) is 6.07 Å². The Morgan fingerprint density at radius 3 is 2.12 bits per heavy atom. The maximum absolute atomic E-state index is 12.8. The summed E-state index contributed by atoms with van der Waals surface area (Å²) < 4.78 is 32.3. The topological polar surface area (TPSA) is 66.0 Å². The molecule has 2 aliphatic heterocycles. The molecular formula is C24H34N4O3S. The number of benzene rings is 1. The van der Waals surface area contributed by atoms with Gasteiger partial charge in [0.1, 0.15) is 10.7 Å². The lowest BCUT2D eigenvalue weighted by Gasteiger charge is -2.35. The fraction of sp³-hybridized carbons (Fsp3) is 0.542. The van der Waals surface area contributed by atoms with Gasteiger partial charge in [0.25, 0.3) is 0 Å². The summed E-state index contributed by atoms with van der Waals surface area (Å²) in [5.74, 6) is 0.833. The first-order valence-corrected chi connectivity index (χ1v) is 12.8. The summed E-state index contributed by atoms with van der Waals surface area (Å²) in [5.41, 5.74) is 2.87. The molecule has 0 radical (unpaired) electrons. The second kappa shape index (κ2) is 9.47. The molecule has 8 heteroatoms. The SMILES string of the molecule is CC(C)(C)c1ccc(CN2CCN(c3ccc(S(=O)(=O)N4CCOCC4)cn3)CC2)cc1. The summed E-state index contributed by atoms with van der Waals surface area (Å²) in [6, 6.07) is 12.5. The molecule has 2 fully saturated rings. The van der Waals surface area contributed by atoms with Gasteiger partial charge in [-0.3, -0.25) is 4.90 Å². The van der Waals surface area contributed by atoms with E-state index in [1.54, 1.807) is 6.07 Å². The number of piperazine rings is 1. The largest absolute Gasteiger partial charge is 0.379 e. The number of pyridine rings is 1. The van der Waals surface area contributed by atoms with Gasteiger partial charge in [0.15, 0.2) is 0 Å². The minimum absolute atomic E-state index is 0.175. The Morgan fingerprint density at radius 2 is 1.56 bits per heavy atom. The highest BCUT2D eigenvalue weighted by Gasteiger charge is 2.27. The monoisotopic (exact) mass is 458 g/mol. The highest BCUT2D eigenvalue weighted by molar-refractivity contribution is 7.89. The summed E-state index contributed by atoms with van der Waals surface area (Å²) in [4.78, 5) is 9.41.